The smallest absolute Gasteiger partial charge is 0.462 e. The molecule has 19 heteroatoms. The van der Waals surface area contributed by atoms with Crippen LogP contribution in [0.3, 0.4) is 0 Å². The lowest BCUT2D eigenvalue weighted by atomic mass is 10.0. The average Bonchev–Trinajstić information content (AvgIpc) is 3.53. The summed E-state index contributed by atoms with van der Waals surface area (Å²) >= 11 is 0. The molecule has 3 N–H and O–H groups in total. The molecule has 510 valence electrons. The van der Waals surface area contributed by atoms with Crippen LogP contribution in [0.25, 0.3) is 0 Å². The van der Waals surface area contributed by atoms with Crippen LogP contribution in [-0.2, 0) is 65.4 Å². The van der Waals surface area contributed by atoms with Gasteiger partial charge in [0, 0.05) is 25.7 Å². The van der Waals surface area contributed by atoms with Crippen LogP contribution in [0.1, 0.15) is 349 Å². The molecule has 0 heterocycles. The van der Waals surface area contributed by atoms with Gasteiger partial charge in [0.05, 0.1) is 26.4 Å². The Kier molecular flexibility index (Phi) is 60.5. The van der Waals surface area contributed by atoms with Crippen molar-refractivity contribution in [1.29, 1.82) is 0 Å². The van der Waals surface area contributed by atoms with Gasteiger partial charge in [0.25, 0.3) is 0 Å². The Morgan fingerprint density at radius 1 is 0.279 bits per heavy atom. The summed E-state index contributed by atoms with van der Waals surface area (Å²) < 4.78 is 67.8. The molecule has 5 atom stereocenters. The van der Waals surface area contributed by atoms with Gasteiger partial charge in [0.1, 0.15) is 19.3 Å². The van der Waals surface area contributed by atoms with Crippen molar-refractivity contribution in [2.45, 2.75) is 367 Å². The van der Waals surface area contributed by atoms with E-state index in [9.17, 15) is 43.2 Å². The fourth-order valence-electron chi connectivity index (χ4n) is 10.2. The molecule has 0 aromatic rings. The summed E-state index contributed by atoms with van der Waals surface area (Å²) in [6.07, 6.45) is 49.1. The van der Waals surface area contributed by atoms with E-state index in [4.69, 9.17) is 37.0 Å². The third-order valence-electron chi connectivity index (χ3n) is 15.6. The highest BCUT2D eigenvalue weighted by atomic mass is 31.2. The van der Waals surface area contributed by atoms with Gasteiger partial charge in [0.15, 0.2) is 12.2 Å². The van der Waals surface area contributed by atoms with Gasteiger partial charge in [-0.05, 0) is 25.7 Å². The number of rotatable bonds is 68. The molecule has 17 nitrogen and oxygen atoms in total. The minimum absolute atomic E-state index is 0.104. The van der Waals surface area contributed by atoms with Gasteiger partial charge in [-0.25, -0.2) is 9.13 Å². The number of aliphatic hydroxyl groups excluding tert-OH is 1. The Morgan fingerprint density at radius 3 is 0.686 bits per heavy atom. The first-order valence-electron chi connectivity index (χ1n) is 35.3. The molecule has 0 aromatic heterocycles. The van der Waals surface area contributed by atoms with Crippen LogP contribution < -0.4 is 0 Å². The number of ether oxygens (including phenoxy) is 4. The van der Waals surface area contributed by atoms with Crippen molar-refractivity contribution in [1.82, 2.24) is 0 Å². The Bertz CT molecular complexity index is 1650. The summed E-state index contributed by atoms with van der Waals surface area (Å²) in [5, 5.41) is 10.5. The number of carbonyl (C=O) groups excluding carboxylic acids is 4. The van der Waals surface area contributed by atoms with E-state index < -0.39 is 97.5 Å². The molecule has 0 saturated carbocycles. The standard InChI is InChI=1S/C67H130O17P2/c1-5-9-13-17-21-23-25-26-27-28-29-30-31-32-33-34-35-36-38-42-46-50-54-67(72)84-63(58-78-65(70)52-48-44-41-37-24-22-18-14-10-6-2)60-82-86(75,76)80-56-61(68)55-79-85(73,74)81-59-62(83-66(71)53-49-45-40-20-16-12-8-4)57-77-64(69)51-47-43-39-19-15-11-7-3/h61-63,68H,5-60H2,1-4H3,(H,73,74)(H,75,76)/t61-,62+,63+/m0/s1. The van der Waals surface area contributed by atoms with Gasteiger partial charge in [-0.15, -0.1) is 0 Å². The molecule has 0 radical (unpaired) electrons. The molecule has 0 aromatic carbocycles. The maximum Gasteiger partial charge on any atom is 0.472 e. The molecular weight excluding hydrogens is 1140 g/mol. The number of hydrogen-bond donors (Lipinski definition) is 3. The summed E-state index contributed by atoms with van der Waals surface area (Å²) in [4.78, 5) is 72.0. The zero-order valence-electron chi connectivity index (χ0n) is 55.3. The van der Waals surface area contributed by atoms with Crippen molar-refractivity contribution < 1.29 is 80.2 Å². The first-order chi connectivity index (χ1) is 41.7. The lowest BCUT2D eigenvalue weighted by Crippen LogP contribution is -2.30. The second kappa shape index (κ2) is 61.9. The average molecular weight is 1270 g/mol. The predicted octanol–water partition coefficient (Wildman–Crippen LogP) is 19.1. The van der Waals surface area contributed by atoms with Crippen LogP contribution in [0.15, 0.2) is 0 Å². The number of esters is 4. The molecule has 0 fully saturated rings. The largest absolute Gasteiger partial charge is 0.472 e. The number of hydrogen-bond acceptors (Lipinski definition) is 15. The van der Waals surface area contributed by atoms with Crippen molar-refractivity contribution in [2.24, 2.45) is 0 Å². The van der Waals surface area contributed by atoms with Crippen LogP contribution in [0, 0.1) is 0 Å². The Morgan fingerprint density at radius 2 is 0.465 bits per heavy atom. The summed E-state index contributed by atoms with van der Waals surface area (Å²) in [5.74, 6) is -2.14. The van der Waals surface area contributed by atoms with Gasteiger partial charge in [0.2, 0.25) is 0 Å². The Balaban J connectivity index is 5.05. The highest BCUT2D eigenvalue weighted by Gasteiger charge is 2.30. The summed E-state index contributed by atoms with van der Waals surface area (Å²) in [6, 6.07) is 0. The molecule has 0 saturated heterocycles. The highest BCUT2D eigenvalue weighted by molar-refractivity contribution is 7.47. The molecule has 0 aliphatic rings. The monoisotopic (exact) mass is 1270 g/mol. The molecule has 0 bridgehead atoms. The molecule has 0 aliphatic carbocycles. The van der Waals surface area contributed by atoms with Gasteiger partial charge in [-0.1, -0.05) is 297 Å². The fourth-order valence-corrected chi connectivity index (χ4v) is 11.7. The maximum atomic E-state index is 13.0. The van der Waals surface area contributed by atoms with Crippen LogP contribution in [-0.4, -0.2) is 96.7 Å². The van der Waals surface area contributed by atoms with E-state index in [1.165, 1.54) is 154 Å². The molecule has 0 spiro atoms. The van der Waals surface area contributed by atoms with Crippen molar-refractivity contribution in [3.05, 3.63) is 0 Å². The number of phosphoric acid groups is 2. The van der Waals surface area contributed by atoms with Crippen LogP contribution >= 0.6 is 15.6 Å². The van der Waals surface area contributed by atoms with Gasteiger partial charge < -0.3 is 33.8 Å². The normalized spacial score (nSPS) is 14.1. The van der Waals surface area contributed by atoms with Crippen molar-refractivity contribution in [3.8, 4) is 0 Å². The second-order valence-corrected chi connectivity index (χ2v) is 27.1. The quantitative estimate of drug-likeness (QED) is 0.0222. The van der Waals surface area contributed by atoms with E-state index in [0.717, 1.165) is 116 Å². The summed E-state index contributed by atoms with van der Waals surface area (Å²) in [6.45, 7) is 4.82. The molecule has 0 amide bonds. The summed E-state index contributed by atoms with van der Waals surface area (Å²) in [5.41, 5.74) is 0. The first-order valence-corrected chi connectivity index (χ1v) is 38.3. The van der Waals surface area contributed by atoms with E-state index in [-0.39, 0.29) is 25.7 Å². The third kappa shape index (κ3) is 60.9. The van der Waals surface area contributed by atoms with Gasteiger partial charge in [-0.2, -0.15) is 0 Å². The minimum atomic E-state index is -4.94. The number of carbonyl (C=O) groups is 4. The van der Waals surface area contributed by atoms with Crippen LogP contribution in [0.4, 0.5) is 0 Å². The van der Waals surface area contributed by atoms with Gasteiger partial charge in [-0.3, -0.25) is 37.3 Å². The third-order valence-corrected chi connectivity index (χ3v) is 17.5. The second-order valence-electron chi connectivity index (χ2n) is 24.2. The molecule has 2 unspecified atom stereocenters. The van der Waals surface area contributed by atoms with Crippen molar-refractivity contribution >= 4 is 39.5 Å². The van der Waals surface area contributed by atoms with E-state index in [1.54, 1.807) is 0 Å². The highest BCUT2D eigenvalue weighted by Crippen LogP contribution is 2.45. The number of unbranched alkanes of at least 4 members (excludes halogenated alkanes) is 42. The Labute approximate surface area is 524 Å². The van der Waals surface area contributed by atoms with Crippen molar-refractivity contribution in [3.63, 3.8) is 0 Å². The van der Waals surface area contributed by atoms with E-state index in [0.29, 0.717) is 25.7 Å². The zero-order valence-corrected chi connectivity index (χ0v) is 57.1. The molecular formula is C67H130O17P2. The Hall–Kier alpha value is -1.94. The zero-order chi connectivity index (χ0) is 63.3. The lowest BCUT2D eigenvalue weighted by Gasteiger charge is -2.21. The topological polar surface area (TPSA) is 237 Å². The van der Waals surface area contributed by atoms with Crippen LogP contribution in [0.5, 0.6) is 0 Å². The van der Waals surface area contributed by atoms with E-state index in [2.05, 4.69) is 27.7 Å². The molecule has 0 rings (SSSR count). The summed E-state index contributed by atoms with van der Waals surface area (Å²) in [7, 11) is -9.88. The van der Waals surface area contributed by atoms with Gasteiger partial charge >= 0.3 is 39.5 Å². The molecule has 0 aliphatic heterocycles. The van der Waals surface area contributed by atoms with Crippen molar-refractivity contribution in [2.75, 3.05) is 39.6 Å². The first kappa shape index (κ1) is 84.1. The number of aliphatic hydroxyl groups is 1. The fraction of sp³-hybridized carbons (Fsp3) is 0.940. The SMILES string of the molecule is CCCCCCCCCCCCCCCCCCCCCCCCC(=O)O[C@H](COC(=O)CCCCCCCCCCCC)COP(=O)(O)OC[C@@H](O)COP(=O)(O)OC[C@@H](COC(=O)CCCCCCCCC)OC(=O)CCCCCCCCC. The molecule has 86 heavy (non-hydrogen) atoms. The lowest BCUT2D eigenvalue weighted by molar-refractivity contribution is -0.161. The maximum absolute atomic E-state index is 13.0. The van der Waals surface area contributed by atoms with E-state index in [1.807, 2.05) is 0 Å². The number of phosphoric ester groups is 2. The van der Waals surface area contributed by atoms with Crippen LogP contribution in [0.2, 0.25) is 0 Å². The predicted molar refractivity (Wildman–Crippen MR) is 345 cm³/mol. The minimum Gasteiger partial charge on any atom is -0.462 e. The van der Waals surface area contributed by atoms with E-state index >= 15 is 0 Å².